The zero-order valence-electron chi connectivity index (χ0n) is 9.44. The molecule has 1 aromatic rings. The molecule has 0 aliphatic rings. The summed E-state index contributed by atoms with van der Waals surface area (Å²) < 4.78 is 32.2. The Balaban J connectivity index is 3.08. The third kappa shape index (κ3) is 2.69. The minimum atomic E-state index is -0.714. The molecule has 0 aromatic heterocycles. The van der Waals surface area contributed by atoms with Crippen LogP contribution in [0.1, 0.15) is 19.4 Å². The van der Waals surface area contributed by atoms with Crippen molar-refractivity contribution in [2.45, 2.75) is 13.8 Å². The van der Waals surface area contributed by atoms with Gasteiger partial charge in [-0.15, -0.1) is 0 Å². The van der Waals surface area contributed by atoms with E-state index in [1.54, 1.807) is 13.8 Å². The minimum absolute atomic E-state index is 0.0161. The molecule has 86 valence electrons. The van der Waals surface area contributed by atoms with E-state index in [4.69, 9.17) is 4.74 Å². The van der Waals surface area contributed by atoms with Crippen molar-refractivity contribution in [2.75, 3.05) is 6.61 Å². The molecule has 0 saturated heterocycles. The normalized spacial score (nSPS) is 10.0. The molecule has 0 aliphatic heterocycles. The van der Waals surface area contributed by atoms with E-state index in [1.807, 2.05) is 0 Å². The summed E-state index contributed by atoms with van der Waals surface area (Å²) in [5.41, 5.74) is 0.968. The molecule has 0 heterocycles. The lowest BCUT2D eigenvalue weighted by atomic mass is 10.1. The van der Waals surface area contributed by atoms with Crippen molar-refractivity contribution in [1.82, 2.24) is 0 Å². The molecule has 1 nitrogen and oxygen atoms in total. The van der Waals surface area contributed by atoms with Crippen molar-refractivity contribution in [1.29, 1.82) is 0 Å². The Morgan fingerprint density at radius 3 is 2.38 bits per heavy atom. The van der Waals surface area contributed by atoms with Crippen molar-refractivity contribution in [2.24, 2.45) is 0 Å². The molecular formula is C13H14F2O. The van der Waals surface area contributed by atoms with Gasteiger partial charge in [-0.25, -0.2) is 8.78 Å². The second-order valence-corrected chi connectivity index (χ2v) is 3.76. The summed E-state index contributed by atoms with van der Waals surface area (Å²) in [6.45, 7) is 10.7. The van der Waals surface area contributed by atoms with E-state index >= 15 is 0 Å². The molecule has 0 fully saturated rings. The molecule has 1 aromatic carbocycles. The molecule has 0 bridgehead atoms. The maximum Gasteiger partial charge on any atom is 0.175 e. The minimum Gasteiger partial charge on any atom is -0.486 e. The van der Waals surface area contributed by atoms with Crippen molar-refractivity contribution in [3.05, 3.63) is 48.1 Å². The summed E-state index contributed by atoms with van der Waals surface area (Å²) in [5.74, 6) is -1.33. The Morgan fingerprint density at radius 1 is 1.25 bits per heavy atom. The molecule has 0 aliphatic carbocycles. The lowest BCUT2D eigenvalue weighted by molar-refractivity contribution is 0.331. The molecule has 0 atom stereocenters. The van der Waals surface area contributed by atoms with E-state index in [1.165, 1.54) is 12.1 Å². The molecule has 0 saturated carbocycles. The van der Waals surface area contributed by atoms with Crippen molar-refractivity contribution < 1.29 is 13.5 Å². The Morgan fingerprint density at radius 2 is 1.88 bits per heavy atom. The fourth-order valence-corrected chi connectivity index (χ4v) is 1.24. The molecule has 3 heteroatoms. The number of ether oxygens (including phenoxy) is 1. The van der Waals surface area contributed by atoms with Crippen LogP contribution in [0.2, 0.25) is 0 Å². The van der Waals surface area contributed by atoms with Gasteiger partial charge in [0, 0.05) is 0 Å². The van der Waals surface area contributed by atoms with Crippen LogP contribution >= 0.6 is 0 Å². The lowest BCUT2D eigenvalue weighted by Gasteiger charge is -2.10. The number of halogens is 2. The molecule has 0 N–H and O–H groups in total. The first kappa shape index (κ1) is 12.4. The first-order valence-electron chi connectivity index (χ1n) is 4.84. The van der Waals surface area contributed by atoms with Gasteiger partial charge in [-0.1, -0.05) is 13.2 Å². The van der Waals surface area contributed by atoms with Crippen LogP contribution in [-0.2, 0) is 0 Å². The van der Waals surface area contributed by atoms with E-state index in [9.17, 15) is 8.78 Å². The number of benzene rings is 1. The monoisotopic (exact) mass is 224 g/mol. The predicted molar refractivity (Wildman–Crippen MR) is 61.4 cm³/mol. The summed E-state index contributed by atoms with van der Waals surface area (Å²) in [7, 11) is 0. The van der Waals surface area contributed by atoms with Crippen molar-refractivity contribution >= 4 is 5.57 Å². The van der Waals surface area contributed by atoms with Crippen molar-refractivity contribution in [3.63, 3.8) is 0 Å². The van der Waals surface area contributed by atoms with Gasteiger partial charge in [0.15, 0.2) is 11.6 Å². The Labute approximate surface area is 94.1 Å². The van der Waals surface area contributed by atoms with E-state index in [2.05, 4.69) is 13.2 Å². The highest BCUT2D eigenvalue weighted by Crippen LogP contribution is 2.27. The molecule has 0 amide bonds. The maximum atomic E-state index is 13.8. The quantitative estimate of drug-likeness (QED) is 0.703. The van der Waals surface area contributed by atoms with Crippen LogP contribution in [0.25, 0.3) is 5.57 Å². The molecular weight excluding hydrogens is 210 g/mol. The molecule has 0 spiro atoms. The molecule has 16 heavy (non-hydrogen) atoms. The number of hydrogen-bond donors (Lipinski definition) is 0. The topological polar surface area (TPSA) is 9.23 Å². The van der Waals surface area contributed by atoms with Crippen LogP contribution in [0.5, 0.6) is 5.75 Å². The number of allylic oxidation sites excluding steroid dienone is 1. The SMILES string of the molecule is C=C(C)COc1ccc(F)c(C(=C)C)c1F. The number of rotatable bonds is 4. The van der Waals surface area contributed by atoms with E-state index < -0.39 is 11.6 Å². The van der Waals surface area contributed by atoms with Gasteiger partial charge in [0.25, 0.3) is 0 Å². The summed E-state index contributed by atoms with van der Waals surface area (Å²) in [4.78, 5) is 0. The van der Waals surface area contributed by atoms with E-state index in [0.717, 1.165) is 5.57 Å². The van der Waals surface area contributed by atoms with Gasteiger partial charge in [-0.3, -0.25) is 0 Å². The average Bonchev–Trinajstić information content (AvgIpc) is 2.15. The van der Waals surface area contributed by atoms with Crippen molar-refractivity contribution in [3.8, 4) is 5.75 Å². The zero-order chi connectivity index (χ0) is 12.3. The van der Waals surface area contributed by atoms with Crippen LogP contribution < -0.4 is 4.74 Å². The molecule has 1 rings (SSSR count). The standard InChI is InChI=1S/C13H14F2O/c1-8(2)7-16-11-6-5-10(14)12(9(3)4)13(11)15/h5-6H,1,3,7H2,2,4H3. The van der Waals surface area contributed by atoms with Gasteiger partial charge in [-0.2, -0.15) is 0 Å². The van der Waals surface area contributed by atoms with Gasteiger partial charge in [-0.05, 0) is 37.1 Å². The highest BCUT2D eigenvalue weighted by molar-refractivity contribution is 5.64. The predicted octanol–water partition coefficient (Wildman–Crippen LogP) is 3.95. The molecule has 0 radical (unpaired) electrons. The van der Waals surface area contributed by atoms with E-state index in [-0.39, 0.29) is 17.9 Å². The summed E-state index contributed by atoms with van der Waals surface area (Å²) in [5, 5.41) is 0. The first-order valence-corrected chi connectivity index (χ1v) is 4.84. The first-order chi connectivity index (χ1) is 7.43. The zero-order valence-corrected chi connectivity index (χ0v) is 9.44. The third-order valence-corrected chi connectivity index (χ3v) is 1.96. The fourth-order valence-electron chi connectivity index (χ4n) is 1.24. The van der Waals surface area contributed by atoms with Crippen LogP contribution in [0.3, 0.4) is 0 Å². The number of hydrogen-bond acceptors (Lipinski definition) is 1. The summed E-state index contributed by atoms with van der Waals surface area (Å²) in [6, 6.07) is 2.43. The lowest BCUT2D eigenvalue weighted by Crippen LogP contribution is -2.02. The smallest absolute Gasteiger partial charge is 0.175 e. The Hall–Kier alpha value is -1.64. The average molecular weight is 224 g/mol. The van der Waals surface area contributed by atoms with Crippen LogP contribution in [0.4, 0.5) is 8.78 Å². The summed E-state index contributed by atoms with van der Waals surface area (Å²) >= 11 is 0. The van der Waals surface area contributed by atoms with Crippen LogP contribution in [-0.4, -0.2) is 6.61 Å². The summed E-state index contributed by atoms with van der Waals surface area (Å²) in [6.07, 6.45) is 0. The van der Waals surface area contributed by atoms with Gasteiger partial charge >= 0.3 is 0 Å². The largest absolute Gasteiger partial charge is 0.486 e. The second kappa shape index (κ2) is 4.92. The van der Waals surface area contributed by atoms with Gasteiger partial charge < -0.3 is 4.74 Å². The van der Waals surface area contributed by atoms with E-state index in [0.29, 0.717) is 5.57 Å². The molecule has 0 unspecified atom stereocenters. The van der Waals surface area contributed by atoms with Crippen LogP contribution in [0, 0.1) is 11.6 Å². The third-order valence-electron chi connectivity index (χ3n) is 1.96. The van der Waals surface area contributed by atoms with Gasteiger partial charge in [0.1, 0.15) is 12.4 Å². The Bertz CT molecular complexity index is 436. The Kier molecular flexibility index (Phi) is 3.82. The second-order valence-electron chi connectivity index (χ2n) is 3.76. The van der Waals surface area contributed by atoms with Gasteiger partial charge in [0.2, 0.25) is 0 Å². The highest BCUT2D eigenvalue weighted by Gasteiger charge is 2.15. The highest BCUT2D eigenvalue weighted by atomic mass is 19.1. The fraction of sp³-hybridized carbons (Fsp3) is 0.231. The maximum absolute atomic E-state index is 13.8. The van der Waals surface area contributed by atoms with Gasteiger partial charge in [0.05, 0.1) is 5.56 Å². The van der Waals surface area contributed by atoms with Crippen LogP contribution in [0.15, 0.2) is 30.9 Å².